The molecule has 2 aromatic heterocycles. The van der Waals surface area contributed by atoms with Crippen LogP contribution in [0.4, 0.5) is 5.82 Å². The lowest BCUT2D eigenvalue weighted by Crippen LogP contribution is -2.43. The Labute approximate surface area is 199 Å². The second-order valence-electron chi connectivity index (χ2n) is 7.12. The molecule has 0 spiro atoms. The van der Waals surface area contributed by atoms with Gasteiger partial charge in [0.15, 0.2) is 5.96 Å². The van der Waals surface area contributed by atoms with Gasteiger partial charge in [0.05, 0.1) is 6.04 Å². The van der Waals surface area contributed by atoms with Crippen molar-refractivity contribution < 1.29 is 4.79 Å². The fourth-order valence-electron chi connectivity index (χ4n) is 3.47. The number of likely N-dealkylation sites (tertiary alicyclic amines) is 1. The van der Waals surface area contributed by atoms with Gasteiger partial charge in [0.2, 0.25) is 5.91 Å². The number of carbonyl (C=O) groups is 1. The first-order valence-corrected chi connectivity index (χ1v) is 11.0. The highest BCUT2D eigenvalue weighted by Gasteiger charge is 2.24. The van der Waals surface area contributed by atoms with E-state index in [0.29, 0.717) is 30.8 Å². The number of hydrogen-bond acceptors (Lipinski definition) is 5. The number of pyridine rings is 1. The van der Waals surface area contributed by atoms with Gasteiger partial charge in [-0.2, -0.15) is 0 Å². The molecule has 164 valence electrons. The van der Waals surface area contributed by atoms with Crippen molar-refractivity contribution in [1.29, 1.82) is 0 Å². The smallest absolute Gasteiger partial charge is 0.227 e. The van der Waals surface area contributed by atoms with E-state index < -0.39 is 0 Å². The van der Waals surface area contributed by atoms with Crippen LogP contribution in [-0.4, -0.2) is 55.0 Å². The molecule has 1 aliphatic heterocycles. The molecule has 1 unspecified atom stereocenters. The number of rotatable bonds is 8. The molecule has 7 nitrogen and oxygen atoms in total. The Morgan fingerprint density at radius 3 is 2.70 bits per heavy atom. The zero-order valence-electron chi connectivity index (χ0n) is 17.6. The molecule has 1 atom stereocenters. The third-order valence-corrected chi connectivity index (χ3v) is 5.91. The van der Waals surface area contributed by atoms with Gasteiger partial charge in [0.1, 0.15) is 5.82 Å². The maximum atomic E-state index is 12.1. The van der Waals surface area contributed by atoms with E-state index in [1.165, 1.54) is 17.7 Å². The van der Waals surface area contributed by atoms with E-state index in [4.69, 9.17) is 0 Å². The van der Waals surface area contributed by atoms with E-state index in [1.54, 1.807) is 24.5 Å². The lowest BCUT2D eigenvalue weighted by atomic mass is 10.2. The van der Waals surface area contributed by atoms with Gasteiger partial charge >= 0.3 is 0 Å². The van der Waals surface area contributed by atoms with Gasteiger partial charge in [-0.15, -0.1) is 35.3 Å². The van der Waals surface area contributed by atoms with E-state index >= 15 is 0 Å². The van der Waals surface area contributed by atoms with Crippen molar-refractivity contribution in [2.45, 2.75) is 32.2 Å². The molecule has 1 amide bonds. The summed E-state index contributed by atoms with van der Waals surface area (Å²) in [6.45, 7) is 5.48. The van der Waals surface area contributed by atoms with Crippen molar-refractivity contribution in [2.75, 3.05) is 38.5 Å². The monoisotopic (exact) mass is 542 g/mol. The average Bonchev–Trinajstić information content (AvgIpc) is 3.41. The maximum Gasteiger partial charge on any atom is 0.227 e. The summed E-state index contributed by atoms with van der Waals surface area (Å²) >= 11 is 1.80. The topological polar surface area (TPSA) is 81.6 Å². The van der Waals surface area contributed by atoms with Crippen LogP contribution >= 0.6 is 35.3 Å². The third kappa shape index (κ3) is 7.51. The summed E-state index contributed by atoms with van der Waals surface area (Å²) in [4.78, 5) is 24.6. The molecule has 0 bridgehead atoms. The third-order valence-electron chi connectivity index (χ3n) is 4.94. The van der Waals surface area contributed by atoms with Gasteiger partial charge in [-0.3, -0.25) is 14.7 Å². The molecular formula is C21H31IN6OS. The van der Waals surface area contributed by atoms with Crippen LogP contribution in [0.15, 0.2) is 40.7 Å². The molecule has 0 radical (unpaired) electrons. The summed E-state index contributed by atoms with van der Waals surface area (Å²) in [7, 11) is 1.75. The molecule has 3 rings (SSSR count). The summed E-state index contributed by atoms with van der Waals surface area (Å²) in [5, 5.41) is 11.6. The van der Waals surface area contributed by atoms with Crippen molar-refractivity contribution >= 4 is 53.0 Å². The molecule has 1 saturated heterocycles. The van der Waals surface area contributed by atoms with Crippen LogP contribution in [0.3, 0.4) is 0 Å². The first kappa shape index (κ1) is 24.5. The van der Waals surface area contributed by atoms with Crippen LogP contribution in [0.5, 0.6) is 0 Å². The van der Waals surface area contributed by atoms with Crippen molar-refractivity contribution in [2.24, 2.45) is 4.99 Å². The summed E-state index contributed by atoms with van der Waals surface area (Å²) < 4.78 is 0. The fraction of sp³-hybridized carbons (Fsp3) is 0.476. The predicted molar refractivity (Wildman–Crippen MR) is 135 cm³/mol. The zero-order valence-corrected chi connectivity index (χ0v) is 20.7. The van der Waals surface area contributed by atoms with Gasteiger partial charge in [-0.05, 0) is 56.4 Å². The van der Waals surface area contributed by atoms with E-state index in [2.05, 4.69) is 48.3 Å². The molecule has 30 heavy (non-hydrogen) atoms. The number of aliphatic imine (C=N–C) groups is 1. The van der Waals surface area contributed by atoms with Crippen LogP contribution in [0.1, 0.15) is 35.9 Å². The number of hydrogen-bond donors (Lipinski definition) is 3. The number of anilines is 1. The fourth-order valence-corrected chi connectivity index (χ4v) is 4.33. The van der Waals surface area contributed by atoms with Crippen LogP contribution in [0.2, 0.25) is 0 Å². The minimum atomic E-state index is -0.0698. The molecule has 1 aliphatic rings. The van der Waals surface area contributed by atoms with Crippen molar-refractivity contribution in [3.05, 3.63) is 46.3 Å². The number of amides is 1. The lowest BCUT2D eigenvalue weighted by molar-refractivity contribution is -0.116. The highest BCUT2D eigenvalue weighted by molar-refractivity contribution is 14.0. The maximum absolute atomic E-state index is 12.1. The Balaban J connectivity index is 0.00000320. The molecule has 0 saturated carbocycles. The van der Waals surface area contributed by atoms with Gasteiger partial charge in [-0.25, -0.2) is 4.98 Å². The lowest BCUT2D eigenvalue weighted by Gasteiger charge is -2.27. The van der Waals surface area contributed by atoms with E-state index in [-0.39, 0.29) is 29.9 Å². The largest absolute Gasteiger partial charge is 0.356 e. The summed E-state index contributed by atoms with van der Waals surface area (Å²) in [6.07, 6.45) is 2.87. The number of carbonyl (C=O) groups excluding carboxylic acids is 1. The molecule has 9 heteroatoms. The minimum absolute atomic E-state index is 0. The van der Waals surface area contributed by atoms with Crippen LogP contribution in [0.25, 0.3) is 0 Å². The van der Waals surface area contributed by atoms with Crippen LogP contribution < -0.4 is 16.0 Å². The Bertz CT molecular complexity index is 808. The molecule has 2 aromatic rings. The Morgan fingerprint density at radius 1 is 1.23 bits per heavy atom. The van der Waals surface area contributed by atoms with Gasteiger partial charge in [-0.1, -0.05) is 12.1 Å². The average molecular weight is 542 g/mol. The first-order chi connectivity index (χ1) is 14.2. The standard InChI is InChI=1S/C21H30N6OS.HI/c1-16-7-5-9-19(25-16)26-20(28)10-11-23-21(22-2)24-15-17(18-8-6-14-29-18)27-12-3-4-13-27;/h5-9,14,17H,3-4,10-13,15H2,1-2H3,(H2,22,23,24)(H,25,26,28);1H. The first-order valence-electron chi connectivity index (χ1n) is 10.1. The van der Waals surface area contributed by atoms with Crippen molar-refractivity contribution in [1.82, 2.24) is 20.5 Å². The number of guanidine groups is 1. The van der Waals surface area contributed by atoms with Gasteiger partial charge in [0.25, 0.3) is 0 Å². The number of thiophene rings is 1. The second kappa shape index (κ2) is 12.9. The number of nitrogens with one attached hydrogen (secondary N) is 3. The van der Waals surface area contributed by atoms with Crippen molar-refractivity contribution in [3.8, 4) is 0 Å². The summed E-state index contributed by atoms with van der Waals surface area (Å²) in [6, 6.07) is 10.2. The van der Waals surface area contributed by atoms with Crippen molar-refractivity contribution in [3.63, 3.8) is 0 Å². The number of aryl methyl sites for hydroxylation is 1. The van der Waals surface area contributed by atoms with Crippen LogP contribution in [0, 0.1) is 6.92 Å². The SMILES string of the molecule is CN=C(NCCC(=O)Nc1cccc(C)n1)NCC(c1cccs1)N1CCCC1.I. The highest BCUT2D eigenvalue weighted by Crippen LogP contribution is 2.27. The van der Waals surface area contributed by atoms with Crippen LogP contribution in [-0.2, 0) is 4.79 Å². The van der Waals surface area contributed by atoms with E-state index in [1.807, 2.05) is 19.1 Å². The molecule has 3 N–H and O–H groups in total. The normalized spacial score (nSPS) is 15.3. The minimum Gasteiger partial charge on any atom is -0.356 e. The van der Waals surface area contributed by atoms with Gasteiger partial charge < -0.3 is 16.0 Å². The molecule has 0 aliphatic carbocycles. The zero-order chi connectivity index (χ0) is 20.5. The Kier molecular flexibility index (Phi) is 10.5. The molecule has 3 heterocycles. The number of halogens is 1. The Hall–Kier alpha value is -1.72. The van der Waals surface area contributed by atoms with E-state index in [9.17, 15) is 4.79 Å². The molecular weight excluding hydrogens is 511 g/mol. The number of aromatic nitrogens is 1. The molecule has 0 aromatic carbocycles. The van der Waals surface area contributed by atoms with Gasteiger partial charge in [0, 0.05) is 37.1 Å². The molecule has 1 fully saturated rings. The second-order valence-corrected chi connectivity index (χ2v) is 8.10. The Morgan fingerprint density at radius 2 is 2.03 bits per heavy atom. The van der Waals surface area contributed by atoms with E-state index in [0.717, 1.165) is 25.3 Å². The quantitative estimate of drug-likeness (QED) is 0.271. The highest BCUT2D eigenvalue weighted by atomic mass is 127. The number of nitrogens with zero attached hydrogens (tertiary/aromatic N) is 3. The predicted octanol–water partition coefficient (Wildman–Crippen LogP) is 3.40. The summed E-state index contributed by atoms with van der Waals surface area (Å²) in [5.74, 6) is 1.23. The summed E-state index contributed by atoms with van der Waals surface area (Å²) in [5.41, 5.74) is 0.879.